The number of carbonyl (C=O) groups is 4. The molecule has 60 heavy (non-hydrogen) atoms. The Balaban J connectivity index is 1.00. The predicted octanol–water partition coefficient (Wildman–Crippen LogP) is 7.87. The number of imide groups is 2. The van der Waals surface area contributed by atoms with E-state index in [0.717, 1.165) is 45.7 Å². The van der Waals surface area contributed by atoms with E-state index < -0.39 is 40.9 Å². The zero-order valence-corrected chi connectivity index (χ0v) is 35.5. The van der Waals surface area contributed by atoms with E-state index in [1.165, 1.54) is 17.6 Å². The van der Waals surface area contributed by atoms with E-state index in [4.69, 9.17) is 21.4 Å². The highest BCUT2D eigenvalue weighted by Crippen LogP contribution is 2.65. The number of thiophene rings is 1. The summed E-state index contributed by atoms with van der Waals surface area (Å²) in [6, 6.07) is 22.6. The average Bonchev–Trinajstić information content (AvgIpc) is 3.92. The highest BCUT2D eigenvalue weighted by Gasteiger charge is 2.68. The first-order chi connectivity index (χ1) is 28.9. The number of amides is 4. The minimum atomic E-state index is -1.35. The molecule has 1 saturated carbocycles. The number of rotatable bonds is 7. The molecule has 13 heteroatoms. The Kier molecular flexibility index (Phi) is 9.34. The topological polar surface area (TPSA) is 125 Å². The van der Waals surface area contributed by atoms with Gasteiger partial charge in [0.05, 0.1) is 35.2 Å². The van der Waals surface area contributed by atoms with E-state index in [1.807, 2.05) is 56.3 Å². The van der Waals surface area contributed by atoms with E-state index in [1.54, 1.807) is 52.2 Å². The van der Waals surface area contributed by atoms with Gasteiger partial charge in [-0.15, -0.1) is 11.3 Å². The minimum absolute atomic E-state index is 0.0379. The fraction of sp³-hybridized carbons (Fsp3) is 0.383. The smallest absolute Gasteiger partial charge is 0.242 e. The summed E-state index contributed by atoms with van der Waals surface area (Å²) in [4.78, 5) is 65.5. The molecule has 2 aromatic heterocycles. The first kappa shape index (κ1) is 38.9. The zero-order valence-electron chi connectivity index (χ0n) is 33.9. The molecule has 0 radical (unpaired) electrons. The van der Waals surface area contributed by atoms with Crippen LogP contribution in [0, 0.1) is 36.0 Å². The number of benzene rings is 3. The summed E-state index contributed by atoms with van der Waals surface area (Å²) in [5.41, 5.74) is 2.78. The molecule has 10 rings (SSSR count). The van der Waals surface area contributed by atoms with E-state index in [2.05, 4.69) is 17.0 Å². The van der Waals surface area contributed by atoms with Gasteiger partial charge < -0.3 is 9.84 Å². The third-order valence-corrected chi connectivity index (χ3v) is 15.8. The molecule has 4 fully saturated rings. The first-order valence-corrected chi connectivity index (χ1v) is 21.9. The van der Waals surface area contributed by atoms with Crippen molar-refractivity contribution in [3.05, 3.63) is 106 Å². The Morgan fingerprint density at radius 1 is 0.950 bits per heavy atom. The number of hydrogen-bond acceptors (Lipinski definition) is 9. The molecule has 5 heterocycles. The van der Waals surface area contributed by atoms with Crippen molar-refractivity contribution in [2.24, 2.45) is 36.1 Å². The van der Waals surface area contributed by atoms with Crippen LogP contribution in [0.1, 0.15) is 55.2 Å². The number of allylic oxidation sites excluding steroid dienone is 2. The van der Waals surface area contributed by atoms with E-state index in [0.29, 0.717) is 47.1 Å². The summed E-state index contributed by atoms with van der Waals surface area (Å²) in [6.45, 7) is 6.20. The van der Waals surface area contributed by atoms with Gasteiger partial charge in [-0.2, -0.15) is 5.10 Å². The van der Waals surface area contributed by atoms with E-state index in [-0.39, 0.29) is 35.9 Å². The molecule has 0 spiro atoms. The molecule has 4 amide bonds. The predicted molar refractivity (Wildman–Crippen MR) is 230 cm³/mol. The maximum Gasteiger partial charge on any atom is 0.242 e. The third kappa shape index (κ3) is 5.81. The van der Waals surface area contributed by atoms with Gasteiger partial charge in [0.15, 0.2) is 0 Å². The van der Waals surface area contributed by atoms with Gasteiger partial charge in [-0.1, -0.05) is 53.6 Å². The van der Waals surface area contributed by atoms with Gasteiger partial charge in [0, 0.05) is 60.0 Å². The van der Waals surface area contributed by atoms with Crippen LogP contribution in [0.2, 0.25) is 5.02 Å². The number of phenols is 1. The Morgan fingerprint density at radius 2 is 1.72 bits per heavy atom. The SMILES string of the molecule is COc1ccc(O)c([C@H]2C3=CC[C@@H]4C(=O)N(C5CCN(Cc6ccccc6)CC5)C(=O)[C@@H]4[C@@H]3C[C@H]3C(=O)N(c4cc(-c5sc6ccc(Cl)cc6c5C)nn4C)C(=O)[C@@]23C)c1. The number of likely N-dealkylation sites (tertiary alicyclic amines) is 2. The highest BCUT2D eigenvalue weighted by molar-refractivity contribution is 7.22. The third-order valence-electron chi connectivity index (χ3n) is 14.2. The van der Waals surface area contributed by atoms with Crippen LogP contribution in [0.15, 0.2) is 84.4 Å². The van der Waals surface area contributed by atoms with Crippen molar-refractivity contribution in [2.75, 3.05) is 25.1 Å². The molecule has 0 bridgehead atoms. The number of halogens is 1. The quantitative estimate of drug-likeness (QED) is 0.130. The zero-order chi connectivity index (χ0) is 41.8. The maximum atomic E-state index is 15.3. The van der Waals surface area contributed by atoms with Crippen molar-refractivity contribution in [2.45, 2.75) is 58.0 Å². The maximum absolute atomic E-state index is 15.3. The van der Waals surface area contributed by atoms with Crippen LogP contribution in [0.25, 0.3) is 20.7 Å². The van der Waals surface area contributed by atoms with Crippen molar-refractivity contribution in [1.29, 1.82) is 0 Å². The number of aryl methyl sites for hydroxylation is 2. The molecule has 3 aliphatic heterocycles. The molecule has 0 unspecified atom stereocenters. The van der Waals surface area contributed by atoms with Crippen molar-refractivity contribution in [3.63, 3.8) is 0 Å². The number of carbonyl (C=O) groups excluding carboxylic acids is 4. The van der Waals surface area contributed by atoms with Crippen LogP contribution < -0.4 is 9.64 Å². The molecule has 5 aromatic rings. The van der Waals surface area contributed by atoms with Crippen molar-refractivity contribution >= 4 is 62.5 Å². The normalized spacial score (nSPS) is 27.1. The molecule has 308 valence electrons. The number of aromatic nitrogens is 2. The molecular formula is C47H46ClN5O6S. The number of aromatic hydroxyl groups is 1. The minimum Gasteiger partial charge on any atom is -0.508 e. The van der Waals surface area contributed by atoms with Gasteiger partial charge in [-0.25, -0.2) is 4.90 Å². The summed E-state index contributed by atoms with van der Waals surface area (Å²) in [5.74, 6) is -3.70. The standard InChI is InChI=1S/C47H46ClN5O6S/c1-25-32-20-27(48)10-15-38(32)60-42(25)36-23-39(50(3)49-36)53-44(56)35-22-33-30(41(47(35,2)46(53)58)34-21-29(59-4)11-14-37(34)54)12-13-31-40(33)45(57)52(43(31)55)28-16-18-51(19-17-28)24-26-8-6-5-7-9-26/h5-12,14-15,20-21,23,28,31,33,35,40-41,54H,13,16-19,22,24H2,1-4H3/t31-,33+,35-,40-,41+,47+/m0/s1. The molecule has 2 aliphatic carbocycles. The van der Waals surface area contributed by atoms with Crippen LogP contribution >= 0.6 is 22.9 Å². The number of anilines is 1. The second-order valence-corrected chi connectivity index (χ2v) is 18.8. The average molecular weight is 844 g/mol. The number of ether oxygens (including phenoxy) is 1. The molecule has 1 N–H and O–H groups in total. The first-order valence-electron chi connectivity index (χ1n) is 20.7. The Labute approximate surface area is 357 Å². The highest BCUT2D eigenvalue weighted by atomic mass is 35.5. The Morgan fingerprint density at radius 3 is 2.47 bits per heavy atom. The van der Waals surface area contributed by atoms with Crippen LogP contribution in [0.5, 0.6) is 11.5 Å². The number of nitrogens with zero attached hydrogens (tertiary/aromatic N) is 5. The fourth-order valence-electron chi connectivity index (χ4n) is 11.2. The molecule has 3 aromatic carbocycles. The van der Waals surface area contributed by atoms with Crippen LogP contribution in [-0.2, 0) is 32.8 Å². The fourth-order valence-corrected chi connectivity index (χ4v) is 12.6. The molecular weight excluding hydrogens is 798 g/mol. The number of hydrogen-bond donors (Lipinski definition) is 1. The second-order valence-electron chi connectivity index (χ2n) is 17.3. The second kappa shape index (κ2) is 14.4. The number of methoxy groups -OCH3 is 1. The Bertz CT molecular complexity index is 2650. The lowest BCUT2D eigenvalue weighted by molar-refractivity contribution is -0.144. The van der Waals surface area contributed by atoms with Gasteiger partial charge in [-0.05, 0) is 98.4 Å². The summed E-state index contributed by atoms with van der Waals surface area (Å²) in [5, 5.41) is 18.1. The largest absolute Gasteiger partial charge is 0.508 e. The summed E-state index contributed by atoms with van der Waals surface area (Å²) >= 11 is 7.92. The summed E-state index contributed by atoms with van der Waals surface area (Å²) in [6.07, 6.45) is 3.96. The monoisotopic (exact) mass is 843 g/mol. The van der Waals surface area contributed by atoms with E-state index >= 15 is 9.59 Å². The van der Waals surface area contributed by atoms with E-state index in [9.17, 15) is 14.7 Å². The number of phenolic OH excluding ortho intramolecular Hbond substituents is 1. The number of fused-ring (bicyclic) bond motifs is 5. The van der Waals surface area contributed by atoms with Gasteiger partial charge >= 0.3 is 0 Å². The van der Waals surface area contributed by atoms with Gasteiger partial charge in [-0.3, -0.25) is 33.7 Å². The van der Waals surface area contributed by atoms with Crippen LogP contribution in [0.4, 0.5) is 5.82 Å². The number of piperidine rings is 1. The Hall–Kier alpha value is -5.30. The molecule has 11 nitrogen and oxygen atoms in total. The van der Waals surface area contributed by atoms with Gasteiger partial charge in [0.1, 0.15) is 23.0 Å². The lowest BCUT2D eigenvalue weighted by Crippen LogP contribution is -2.49. The molecule has 5 aliphatic rings. The van der Waals surface area contributed by atoms with Crippen LogP contribution in [-0.4, -0.2) is 74.6 Å². The van der Waals surface area contributed by atoms with Crippen molar-refractivity contribution in [1.82, 2.24) is 19.6 Å². The lowest BCUT2D eigenvalue weighted by Gasteiger charge is -2.49. The van der Waals surface area contributed by atoms with Crippen molar-refractivity contribution in [3.8, 4) is 22.1 Å². The van der Waals surface area contributed by atoms with Crippen molar-refractivity contribution < 1.29 is 29.0 Å². The van der Waals surface area contributed by atoms with Gasteiger partial charge in [0.2, 0.25) is 23.6 Å². The van der Waals surface area contributed by atoms with Crippen LogP contribution in [0.3, 0.4) is 0 Å². The molecule has 6 atom stereocenters. The van der Waals surface area contributed by atoms with Gasteiger partial charge in [0.25, 0.3) is 0 Å². The molecule has 3 saturated heterocycles. The summed E-state index contributed by atoms with van der Waals surface area (Å²) in [7, 11) is 3.27. The lowest BCUT2D eigenvalue weighted by atomic mass is 9.51. The summed E-state index contributed by atoms with van der Waals surface area (Å²) < 4.78 is 8.24.